The smallest absolute Gasteiger partial charge is 0.154 e. The lowest BCUT2D eigenvalue weighted by molar-refractivity contribution is 0.166. The largest absolute Gasteiger partial charge is 0.390 e. The van der Waals surface area contributed by atoms with E-state index in [9.17, 15) is 13.5 Å². The van der Waals surface area contributed by atoms with Crippen molar-refractivity contribution in [2.24, 2.45) is 0 Å². The highest BCUT2D eigenvalue weighted by molar-refractivity contribution is 7.91. The lowest BCUT2D eigenvalue weighted by Crippen LogP contribution is -2.39. The van der Waals surface area contributed by atoms with Crippen molar-refractivity contribution in [1.29, 1.82) is 0 Å². The van der Waals surface area contributed by atoms with E-state index in [0.717, 1.165) is 13.0 Å². The number of nitrogens with one attached hydrogen (secondary N) is 1. The highest BCUT2D eigenvalue weighted by Gasteiger charge is 2.35. The summed E-state index contributed by atoms with van der Waals surface area (Å²) in [4.78, 5) is 0. The quantitative estimate of drug-likeness (QED) is 0.650. The Balaban J connectivity index is 2.17. The van der Waals surface area contributed by atoms with Crippen LogP contribution in [0, 0.1) is 0 Å². The van der Waals surface area contributed by atoms with Gasteiger partial charge in [-0.3, -0.25) is 0 Å². The van der Waals surface area contributed by atoms with Crippen LogP contribution in [0.1, 0.15) is 32.6 Å². The molecule has 0 spiro atoms. The van der Waals surface area contributed by atoms with Crippen LogP contribution in [0.4, 0.5) is 0 Å². The lowest BCUT2D eigenvalue weighted by Gasteiger charge is -2.14. The van der Waals surface area contributed by atoms with Gasteiger partial charge in [-0.05, 0) is 13.0 Å². The average Bonchev–Trinajstić information content (AvgIpc) is 2.39. The second kappa shape index (κ2) is 5.82. The van der Waals surface area contributed by atoms with Crippen molar-refractivity contribution in [3.05, 3.63) is 0 Å². The van der Waals surface area contributed by atoms with Crippen LogP contribution in [0.2, 0.25) is 0 Å². The zero-order valence-corrected chi connectivity index (χ0v) is 10.1. The van der Waals surface area contributed by atoms with Gasteiger partial charge in [0, 0.05) is 6.04 Å². The highest BCUT2D eigenvalue weighted by Crippen LogP contribution is 2.12. The van der Waals surface area contributed by atoms with E-state index in [-0.39, 0.29) is 17.5 Å². The van der Waals surface area contributed by atoms with Crippen molar-refractivity contribution >= 4 is 9.84 Å². The molecule has 1 aliphatic heterocycles. The van der Waals surface area contributed by atoms with Crippen LogP contribution in [0.5, 0.6) is 0 Å². The molecule has 1 saturated heterocycles. The van der Waals surface area contributed by atoms with E-state index in [4.69, 9.17) is 0 Å². The molecule has 0 radical (unpaired) electrons. The third kappa shape index (κ3) is 4.49. The van der Waals surface area contributed by atoms with E-state index in [1.54, 1.807) is 0 Å². The molecule has 0 amide bonds. The molecule has 1 fully saturated rings. The lowest BCUT2D eigenvalue weighted by atomic mass is 10.2. The molecule has 1 heterocycles. The maximum atomic E-state index is 11.2. The molecule has 90 valence electrons. The number of hydrogen-bond donors (Lipinski definition) is 2. The molecule has 1 rings (SSSR count). The van der Waals surface area contributed by atoms with Crippen LogP contribution in [-0.2, 0) is 9.84 Å². The first-order valence-corrected chi connectivity index (χ1v) is 7.49. The van der Waals surface area contributed by atoms with E-state index >= 15 is 0 Å². The van der Waals surface area contributed by atoms with Gasteiger partial charge in [0.1, 0.15) is 0 Å². The Kier molecular flexibility index (Phi) is 5.02. The second-order valence-corrected chi connectivity index (χ2v) is 6.42. The monoisotopic (exact) mass is 235 g/mol. The number of hydrogen-bond acceptors (Lipinski definition) is 4. The fraction of sp³-hybridized carbons (Fsp3) is 1.00. The van der Waals surface area contributed by atoms with Gasteiger partial charge in [-0.15, -0.1) is 0 Å². The summed E-state index contributed by atoms with van der Waals surface area (Å²) in [7, 11) is -3.00. The van der Waals surface area contributed by atoms with Crippen molar-refractivity contribution in [3.8, 4) is 0 Å². The summed E-state index contributed by atoms with van der Waals surface area (Å²) in [6.45, 7) is 2.96. The van der Waals surface area contributed by atoms with E-state index in [1.165, 1.54) is 19.3 Å². The van der Waals surface area contributed by atoms with Crippen molar-refractivity contribution < 1.29 is 13.5 Å². The minimum atomic E-state index is -3.00. The molecular weight excluding hydrogens is 214 g/mol. The topological polar surface area (TPSA) is 66.4 Å². The molecule has 0 bridgehead atoms. The summed E-state index contributed by atoms with van der Waals surface area (Å²) in [6.07, 6.45) is 3.91. The van der Waals surface area contributed by atoms with Crippen LogP contribution in [0.25, 0.3) is 0 Å². The Hall–Kier alpha value is -0.130. The molecule has 2 atom stereocenters. The Morgan fingerprint density at radius 1 is 1.27 bits per heavy atom. The highest BCUT2D eigenvalue weighted by atomic mass is 32.2. The van der Waals surface area contributed by atoms with Crippen LogP contribution in [0.15, 0.2) is 0 Å². The van der Waals surface area contributed by atoms with Crippen LogP contribution in [0.3, 0.4) is 0 Å². The summed E-state index contributed by atoms with van der Waals surface area (Å²) >= 11 is 0. The molecule has 0 unspecified atom stereocenters. The fourth-order valence-electron chi connectivity index (χ4n) is 1.86. The minimum Gasteiger partial charge on any atom is -0.390 e. The predicted octanol–water partition coefficient (Wildman–Crippen LogP) is 0.314. The number of aliphatic hydroxyl groups excluding tert-OH is 1. The van der Waals surface area contributed by atoms with Gasteiger partial charge >= 0.3 is 0 Å². The molecule has 0 aliphatic carbocycles. The number of rotatable bonds is 6. The van der Waals surface area contributed by atoms with Crippen LogP contribution < -0.4 is 5.32 Å². The normalized spacial score (nSPS) is 29.5. The number of aliphatic hydroxyl groups is 1. The van der Waals surface area contributed by atoms with Crippen molar-refractivity contribution in [1.82, 2.24) is 5.32 Å². The summed E-state index contributed by atoms with van der Waals surface area (Å²) in [6, 6.07) is -0.253. The average molecular weight is 235 g/mol. The van der Waals surface area contributed by atoms with Crippen molar-refractivity contribution in [2.75, 3.05) is 18.1 Å². The SMILES string of the molecule is CCCCCCN[C@@H]1CS(=O)(=O)C[C@H]1O. The van der Waals surface area contributed by atoms with Crippen molar-refractivity contribution in [2.45, 2.75) is 44.8 Å². The number of sulfone groups is 1. The summed E-state index contributed by atoms with van der Waals surface area (Å²) < 4.78 is 22.4. The third-order valence-corrected chi connectivity index (χ3v) is 4.48. The zero-order valence-electron chi connectivity index (χ0n) is 9.28. The first kappa shape index (κ1) is 12.9. The van der Waals surface area contributed by atoms with Gasteiger partial charge in [0.25, 0.3) is 0 Å². The molecular formula is C10H21NO3S. The Morgan fingerprint density at radius 3 is 2.53 bits per heavy atom. The Bertz CT molecular complexity index is 276. The van der Waals surface area contributed by atoms with E-state index in [1.807, 2.05) is 0 Å². The molecule has 0 saturated carbocycles. The van der Waals surface area contributed by atoms with Gasteiger partial charge in [-0.2, -0.15) is 0 Å². The molecule has 15 heavy (non-hydrogen) atoms. The van der Waals surface area contributed by atoms with Crippen molar-refractivity contribution in [3.63, 3.8) is 0 Å². The summed E-state index contributed by atoms with van der Waals surface area (Å²) in [5.41, 5.74) is 0. The molecule has 1 aliphatic rings. The van der Waals surface area contributed by atoms with Crippen LogP contribution >= 0.6 is 0 Å². The Morgan fingerprint density at radius 2 is 2.00 bits per heavy atom. The first-order valence-electron chi connectivity index (χ1n) is 5.67. The van der Waals surface area contributed by atoms with E-state index < -0.39 is 15.9 Å². The maximum absolute atomic E-state index is 11.2. The molecule has 4 nitrogen and oxygen atoms in total. The Labute approximate surface area is 92.0 Å². The summed E-state index contributed by atoms with van der Waals surface area (Å²) in [5.74, 6) is 0.00156. The standard InChI is InChI=1S/C10H21NO3S/c1-2-3-4-5-6-11-9-7-15(13,14)8-10(9)12/h9-12H,2-8H2,1H3/t9-,10-/m1/s1. The number of unbranched alkanes of at least 4 members (excludes halogenated alkanes) is 3. The maximum Gasteiger partial charge on any atom is 0.154 e. The first-order chi connectivity index (χ1) is 7.05. The molecule has 2 N–H and O–H groups in total. The third-order valence-electron chi connectivity index (χ3n) is 2.76. The van der Waals surface area contributed by atoms with Crippen LogP contribution in [-0.4, -0.2) is 43.7 Å². The van der Waals surface area contributed by atoms with Gasteiger partial charge in [-0.25, -0.2) is 8.42 Å². The molecule has 0 aromatic carbocycles. The van der Waals surface area contributed by atoms with Gasteiger partial charge in [0.05, 0.1) is 17.6 Å². The van der Waals surface area contributed by atoms with Gasteiger partial charge < -0.3 is 10.4 Å². The minimum absolute atomic E-state index is 0.0837. The van der Waals surface area contributed by atoms with Gasteiger partial charge in [0.15, 0.2) is 9.84 Å². The van der Waals surface area contributed by atoms with Gasteiger partial charge in [0.2, 0.25) is 0 Å². The van der Waals surface area contributed by atoms with E-state index in [2.05, 4.69) is 12.2 Å². The predicted molar refractivity (Wildman–Crippen MR) is 60.6 cm³/mol. The zero-order chi connectivity index (χ0) is 11.3. The molecule has 0 aromatic heterocycles. The summed E-state index contributed by atoms with van der Waals surface area (Å²) in [5, 5.41) is 12.6. The molecule has 0 aromatic rings. The second-order valence-electron chi connectivity index (χ2n) is 4.27. The van der Waals surface area contributed by atoms with E-state index in [0.29, 0.717) is 0 Å². The fourth-order valence-corrected chi connectivity index (χ4v) is 3.64. The molecule has 5 heteroatoms. The van der Waals surface area contributed by atoms with Gasteiger partial charge in [-0.1, -0.05) is 26.2 Å².